The second-order valence-corrected chi connectivity index (χ2v) is 16.7. The van der Waals surface area contributed by atoms with Crippen molar-refractivity contribution in [2.24, 2.45) is 0 Å². The highest BCUT2D eigenvalue weighted by Gasteiger charge is 2.15. The van der Waals surface area contributed by atoms with Crippen LogP contribution < -0.4 is 28.4 Å². The van der Waals surface area contributed by atoms with Crippen LogP contribution in [0, 0.1) is 0 Å². The lowest BCUT2D eigenvalue weighted by molar-refractivity contribution is -0.138. The topological polar surface area (TPSA) is 130 Å². The second kappa shape index (κ2) is 29.1. The Morgan fingerprint density at radius 3 is 1.20 bits per heavy atom. The average molecular weight is 941 g/mol. The quantitative estimate of drug-likeness (QED) is 0.0507. The molecule has 0 bridgehead atoms. The largest absolute Gasteiger partial charge is 0.494 e. The molecule has 368 valence electrons. The van der Waals surface area contributed by atoms with E-state index in [1.807, 2.05) is 137 Å². The van der Waals surface area contributed by atoms with E-state index in [0.717, 1.165) is 105 Å². The molecule has 0 saturated heterocycles. The Morgan fingerprint density at radius 2 is 0.841 bits per heavy atom. The Hall–Kier alpha value is -6.94. The number of carbonyl (C=O) groups is 2. The maximum absolute atomic E-state index is 11.0. The lowest BCUT2D eigenvalue weighted by atomic mass is 9.98. The summed E-state index contributed by atoms with van der Waals surface area (Å²) in [5, 5.41) is 18.1. The van der Waals surface area contributed by atoms with Crippen molar-refractivity contribution in [2.75, 3.05) is 26.4 Å². The molecular formula is C59H72O10. The molecule has 6 rings (SSSR count). The number of hydrogen-bond donors (Lipinski definition) is 2. The SMILES string of the molecule is C.CCCCOc1cc(COc2cccc([C@@H](C)CC(=O)O)c2)ccc1-c1cccc(OCC)c1.CCCCOc1cc(COc2cccc([C@H](C)CC(=O)O)c2)ccc1-c1cccc(OCC)c1. The van der Waals surface area contributed by atoms with Gasteiger partial charge < -0.3 is 38.6 Å². The van der Waals surface area contributed by atoms with Crippen LogP contribution in [-0.2, 0) is 22.8 Å². The third-order valence-electron chi connectivity index (χ3n) is 11.1. The predicted octanol–water partition coefficient (Wildman–Crippen LogP) is 14.8. The Labute approximate surface area is 410 Å². The second-order valence-electron chi connectivity index (χ2n) is 16.7. The fourth-order valence-corrected chi connectivity index (χ4v) is 7.44. The molecule has 0 saturated carbocycles. The van der Waals surface area contributed by atoms with E-state index in [0.29, 0.717) is 39.6 Å². The summed E-state index contributed by atoms with van der Waals surface area (Å²) < 4.78 is 35.7. The first-order valence-electron chi connectivity index (χ1n) is 23.9. The minimum atomic E-state index is -0.804. The maximum atomic E-state index is 11.0. The van der Waals surface area contributed by atoms with Crippen LogP contribution in [0.2, 0.25) is 0 Å². The summed E-state index contributed by atoms with van der Waals surface area (Å²) in [6.07, 6.45) is 4.28. The van der Waals surface area contributed by atoms with Gasteiger partial charge in [0.05, 0.1) is 39.3 Å². The summed E-state index contributed by atoms with van der Waals surface area (Å²) in [5.41, 5.74) is 8.04. The summed E-state index contributed by atoms with van der Waals surface area (Å²) in [6, 6.07) is 43.7. The Balaban J connectivity index is 0.000000296. The highest BCUT2D eigenvalue weighted by molar-refractivity contribution is 5.73. The van der Waals surface area contributed by atoms with Gasteiger partial charge in [0.2, 0.25) is 0 Å². The van der Waals surface area contributed by atoms with E-state index in [9.17, 15) is 9.59 Å². The van der Waals surface area contributed by atoms with Gasteiger partial charge in [-0.15, -0.1) is 0 Å². The minimum absolute atomic E-state index is 0. The van der Waals surface area contributed by atoms with E-state index in [4.69, 9.17) is 38.6 Å². The molecule has 6 aromatic carbocycles. The van der Waals surface area contributed by atoms with E-state index in [2.05, 4.69) is 38.1 Å². The van der Waals surface area contributed by atoms with E-state index < -0.39 is 11.9 Å². The van der Waals surface area contributed by atoms with E-state index in [1.54, 1.807) is 0 Å². The fraction of sp³-hybridized carbons (Fsp3) is 0.356. The molecule has 69 heavy (non-hydrogen) atoms. The van der Waals surface area contributed by atoms with Crippen LogP contribution >= 0.6 is 0 Å². The summed E-state index contributed by atoms with van der Waals surface area (Å²) in [5.74, 6) is 3.00. The molecule has 10 nitrogen and oxygen atoms in total. The van der Waals surface area contributed by atoms with Crippen molar-refractivity contribution in [1.29, 1.82) is 0 Å². The van der Waals surface area contributed by atoms with Crippen molar-refractivity contribution < 1.29 is 48.2 Å². The van der Waals surface area contributed by atoms with Gasteiger partial charge in [-0.25, -0.2) is 0 Å². The lowest BCUT2D eigenvalue weighted by Gasteiger charge is -2.15. The molecule has 2 N–H and O–H groups in total. The van der Waals surface area contributed by atoms with Crippen LogP contribution in [0.15, 0.2) is 133 Å². The van der Waals surface area contributed by atoms with E-state index in [1.165, 1.54) is 0 Å². The third-order valence-corrected chi connectivity index (χ3v) is 11.1. The highest BCUT2D eigenvalue weighted by Crippen LogP contribution is 2.36. The van der Waals surface area contributed by atoms with Crippen molar-refractivity contribution in [2.45, 2.75) is 113 Å². The molecule has 0 amide bonds. The van der Waals surface area contributed by atoms with Gasteiger partial charge >= 0.3 is 11.9 Å². The van der Waals surface area contributed by atoms with Gasteiger partial charge in [0, 0.05) is 11.1 Å². The monoisotopic (exact) mass is 941 g/mol. The first-order chi connectivity index (χ1) is 33.0. The summed E-state index contributed by atoms with van der Waals surface area (Å²) in [7, 11) is 0. The van der Waals surface area contributed by atoms with Gasteiger partial charge in [-0.2, -0.15) is 0 Å². The van der Waals surface area contributed by atoms with Gasteiger partial charge in [-0.3, -0.25) is 9.59 Å². The summed E-state index contributed by atoms with van der Waals surface area (Å²) in [6.45, 7) is 15.4. The first kappa shape index (κ1) is 54.7. The van der Waals surface area contributed by atoms with Crippen LogP contribution in [0.5, 0.6) is 34.5 Å². The molecule has 0 unspecified atom stereocenters. The number of carboxylic acids is 2. The van der Waals surface area contributed by atoms with E-state index >= 15 is 0 Å². The molecule has 0 aromatic heterocycles. The third kappa shape index (κ3) is 17.9. The number of aliphatic carboxylic acids is 2. The lowest BCUT2D eigenvalue weighted by Crippen LogP contribution is -2.04. The fourth-order valence-electron chi connectivity index (χ4n) is 7.44. The van der Waals surface area contributed by atoms with Crippen molar-refractivity contribution in [3.63, 3.8) is 0 Å². The Morgan fingerprint density at radius 1 is 0.464 bits per heavy atom. The molecule has 0 aliphatic carbocycles. The molecular weight excluding hydrogens is 869 g/mol. The highest BCUT2D eigenvalue weighted by atomic mass is 16.5. The maximum Gasteiger partial charge on any atom is 0.303 e. The number of ether oxygens (including phenoxy) is 6. The minimum Gasteiger partial charge on any atom is -0.494 e. The number of benzene rings is 6. The summed E-state index contributed by atoms with van der Waals surface area (Å²) >= 11 is 0. The van der Waals surface area contributed by atoms with Crippen molar-refractivity contribution in [1.82, 2.24) is 0 Å². The Bertz CT molecular complexity index is 2320. The van der Waals surface area contributed by atoms with Crippen molar-refractivity contribution in [3.8, 4) is 56.8 Å². The van der Waals surface area contributed by atoms with Gasteiger partial charge in [-0.1, -0.05) is 121 Å². The standard InChI is InChI=1S/2C29H34O5.CH4/c2*1-4-6-15-33-28-17-22(13-14-27(28)24-10-8-11-25(19-24)32-5-2)20-34-26-12-7-9-23(18-26)21(3)16-29(30)31;/h2*7-14,17-19,21H,4-6,15-16,20H2,1-3H3,(H,30,31);1H4/t2*21-;/m10./s1. The van der Waals surface area contributed by atoms with Gasteiger partial charge in [0.15, 0.2) is 0 Å². The Kier molecular flexibility index (Phi) is 23.0. The number of hydrogen-bond acceptors (Lipinski definition) is 8. The molecule has 0 fully saturated rings. The van der Waals surface area contributed by atoms with Crippen molar-refractivity contribution in [3.05, 3.63) is 156 Å². The summed E-state index contributed by atoms with van der Waals surface area (Å²) in [4.78, 5) is 22.1. The molecule has 6 aromatic rings. The van der Waals surface area contributed by atoms with Gasteiger partial charge in [-0.05, 0) is 133 Å². The molecule has 2 atom stereocenters. The van der Waals surface area contributed by atoms with Crippen LogP contribution in [0.1, 0.15) is 122 Å². The molecule has 0 heterocycles. The molecule has 0 radical (unpaired) electrons. The predicted molar refractivity (Wildman–Crippen MR) is 277 cm³/mol. The van der Waals surface area contributed by atoms with Crippen LogP contribution in [0.25, 0.3) is 22.3 Å². The van der Waals surface area contributed by atoms with E-state index in [-0.39, 0.29) is 32.1 Å². The zero-order chi connectivity index (χ0) is 48.7. The smallest absolute Gasteiger partial charge is 0.303 e. The van der Waals surface area contributed by atoms with Gasteiger partial charge in [0.25, 0.3) is 0 Å². The molecule has 10 heteroatoms. The molecule has 0 aliphatic heterocycles. The zero-order valence-corrected chi connectivity index (χ0v) is 40.5. The first-order valence-corrected chi connectivity index (χ1v) is 23.9. The van der Waals surface area contributed by atoms with Crippen LogP contribution in [0.4, 0.5) is 0 Å². The number of rotatable bonds is 26. The van der Waals surface area contributed by atoms with Gasteiger partial charge in [0.1, 0.15) is 47.7 Å². The average Bonchev–Trinajstić information content (AvgIpc) is 3.33. The van der Waals surface area contributed by atoms with Crippen LogP contribution in [0.3, 0.4) is 0 Å². The van der Waals surface area contributed by atoms with Crippen LogP contribution in [-0.4, -0.2) is 48.6 Å². The zero-order valence-electron chi connectivity index (χ0n) is 40.5. The molecule has 0 aliphatic rings. The normalized spacial score (nSPS) is 11.4. The number of carboxylic acid groups (broad SMARTS) is 2. The molecule has 0 spiro atoms. The number of unbranched alkanes of at least 4 members (excludes halogenated alkanes) is 2. The van der Waals surface area contributed by atoms with Crippen molar-refractivity contribution >= 4 is 11.9 Å².